The van der Waals surface area contributed by atoms with Gasteiger partial charge in [0.1, 0.15) is 11.4 Å². The number of nitrogens with one attached hydrogen (secondary N) is 2. The number of hydrogen-bond donors (Lipinski definition) is 2. The van der Waals surface area contributed by atoms with Crippen molar-refractivity contribution in [3.63, 3.8) is 0 Å². The zero-order valence-electron chi connectivity index (χ0n) is 12.4. The van der Waals surface area contributed by atoms with Gasteiger partial charge < -0.3 is 15.4 Å². The molecule has 118 valence electrons. The second-order valence-corrected chi connectivity index (χ2v) is 5.45. The Hall–Kier alpha value is -2.87. The number of urea groups is 1. The van der Waals surface area contributed by atoms with Gasteiger partial charge in [0.05, 0.1) is 25.5 Å². The molecule has 0 saturated carbocycles. The average molecular weight is 329 g/mol. The Morgan fingerprint density at radius 1 is 1.30 bits per heavy atom. The van der Waals surface area contributed by atoms with Gasteiger partial charge in [0, 0.05) is 11.1 Å². The van der Waals surface area contributed by atoms with Crippen LogP contribution in [0.5, 0.6) is 5.75 Å². The number of aromatic nitrogens is 3. The molecule has 8 heteroatoms. The number of benzene rings is 1. The van der Waals surface area contributed by atoms with Crippen molar-refractivity contribution in [1.29, 1.82) is 0 Å². The van der Waals surface area contributed by atoms with Crippen LogP contribution in [-0.4, -0.2) is 28.1 Å². The van der Waals surface area contributed by atoms with Crippen molar-refractivity contribution in [2.75, 3.05) is 12.4 Å². The Bertz CT molecular complexity index is 768. The van der Waals surface area contributed by atoms with Gasteiger partial charge in [-0.3, -0.25) is 0 Å². The smallest absolute Gasteiger partial charge is 0.319 e. The normalized spacial score (nSPS) is 10.3. The molecule has 2 amide bonds. The minimum absolute atomic E-state index is 0.298. The minimum atomic E-state index is -0.305. The van der Waals surface area contributed by atoms with E-state index in [0.717, 1.165) is 11.4 Å². The van der Waals surface area contributed by atoms with Crippen LogP contribution in [-0.2, 0) is 6.54 Å². The number of amides is 2. The molecule has 0 fully saturated rings. The van der Waals surface area contributed by atoms with Gasteiger partial charge in [0.25, 0.3) is 0 Å². The van der Waals surface area contributed by atoms with Crippen LogP contribution in [0.4, 0.5) is 10.5 Å². The van der Waals surface area contributed by atoms with Crippen LogP contribution in [0.25, 0.3) is 5.69 Å². The molecule has 7 nitrogen and oxygen atoms in total. The first-order chi connectivity index (χ1) is 11.2. The lowest BCUT2D eigenvalue weighted by Gasteiger charge is -2.07. The van der Waals surface area contributed by atoms with Gasteiger partial charge in [-0.1, -0.05) is 5.21 Å². The van der Waals surface area contributed by atoms with E-state index in [-0.39, 0.29) is 6.03 Å². The first-order valence-corrected chi connectivity index (χ1v) is 7.81. The van der Waals surface area contributed by atoms with Crippen molar-refractivity contribution in [3.05, 3.63) is 53.0 Å². The van der Waals surface area contributed by atoms with Gasteiger partial charge in [0.2, 0.25) is 0 Å². The maximum absolute atomic E-state index is 11.9. The number of carbonyl (C=O) groups excluding carboxylic acids is 1. The van der Waals surface area contributed by atoms with Crippen LogP contribution in [0.1, 0.15) is 5.69 Å². The highest BCUT2D eigenvalue weighted by molar-refractivity contribution is 7.08. The topological polar surface area (TPSA) is 81.1 Å². The number of ether oxygens (including phenoxy) is 1. The molecule has 2 aromatic heterocycles. The second-order valence-electron chi connectivity index (χ2n) is 4.67. The summed E-state index contributed by atoms with van der Waals surface area (Å²) in [7, 11) is 1.60. The minimum Gasteiger partial charge on any atom is -0.497 e. The summed E-state index contributed by atoms with van der Waals surface area (Å²) >= 11 is 1.59. The van der Waals surface area contributed by atoms with Crippen LogP contribution in [0.3, 0.4) is 0 Å². The van der Waals surface area contributed by atoms with E-state index in [1.807, 2.05) is 16.8 Å². The largest absolute Gasteiger partial charge is 0.497 e. The van der Waals surface area contributed by atoms with Crippen molar-refractivity contribution in [3.8, 4) is 11.4 Å². The Balaban J connectivity index is 1.52. The molecule has 2 heterocycles. The van der Waals surface area contributed by atoms with Crippen LogP contribution < -0.4 is 15.4 Å². The van der Waals surface area contributed by atoms with Crippen molar-refractivity contribution in [2.24, 2.45) is 0 Å². The summed E-state index contributed by atoms with van der Waals surface area (Å²) < 4.78 is 6.74. The summed E-state index contributed by atoms with van der Waals surface area (Å²) in [5.41, 5.74) is 2.32. The summed E-state index contributed by atoms with van der Waals surface area (Å²) in [6, 6.07) is 8.74. The SMILES string of the molecule is COc1ccc(NC(=O)NCc2cn(-c3ccsc3)nn2)cc1. The number of thiophene rings is 1. The van der Waals surface area contributed by atoms with Crippen molar-refractivity contribution in [2.45, 2.75) is 6.54 Å². The van der Waals surface area contributed by atoms with Crippen LogP contribution >= 0.6 is 11.3 Å². The maximum Gasteiger partial charge on any atom is 0.319 e. The first-order valence-electron chi connectivity index (χ1n) is 6.87. The molecule has 0 saturated heterocycles. The molecule has 0 spiro atoms. The Kier molecular flexibility index (Phi) is 4.53. The molecule has 0 bridgehead atoms. The molecule has 2 N–H and O–H groups in total. The first kappa shape index (κ1) is 15.0. The lowest BCUT2D eigenvalue weighted by atomic mass is 10.3. The third-order valence-electron chi connectivity index (χ3n) is 3.09. The van der Waals surface area contributed by atoms with Gasteiger partial charge in [-0.25, -0.2) is 9.48 Å². The van der Waals surface area contributed by atoms with Crippen molar-refractivity contribution < 1.29 is 9.53 Å². The second kappa shape index (κ2) is 6.93. The average Bonchev–Trinajstić information content (AvgIpc) is 3.25. The zero-order valence-corrected chi connectivity index (χ0v) is 13.2. The third kappa shape index (κ3) is 3.86. The number of nitrogens with zero attached hydrogens (tertiary/aromatic N) is 3. The van der Waals surface area contributed by atoms with E-state index in [0.29, 0.717) is 17.9 Å². The Morgan fingerprint density at radius 2 is 2.13 bits per heavy atom. The van der Waals surface area contributed by atoms with Gasteiger partial charge >= 0.3 is 6.03 Å². The molecular weight excluding hydrogens is 314 g/mol. The molecule has 1 aromatic carbocycles. The Labute approximate surface area is 136 Å². The molecular formula is C15H15N5O2S. The van der Waals surface area contributed by atoms with Gasteiger partial charge in [-0.2, -0.15) is 11.3 Å². The molecule has 0 unspecified atom stereocenters. The fraction of sp³-hybridized carbons (Fsp3) is 0.133. The van der Waals surface area contributed by atoms with E-state index in [9.17, 15) is 4.79 Å². The Morgan fingerprint density at radius 3 is 2.83 bits per heavy atom. The monoisotopic (exact) mass is 329 g/mol. The number of rotatable bonds is 5. The van der Waals surface area contributed by atoms with E-state index in [4.69, 9.17) is 4.74 Å². The lowest BCUT2D eigenvalue weighted by Crippen LogP contribution is -2.28. The van der Waals surface area contributed by atoms with E-state index in [2.05, 4.69) is 20.9 Å². The number of hydrogen-bond acceptors (Lipinski definition) is 5. The molecule has 0 atom stereocenters. The summed E-state index contributed by atoms with van der Waals surface area (Å²) in [4.78, 5) is 11.9. The van der Waals surface area contributed by atoms with E-state index < -0.39 is 0 Å². The zero-order chi connectivity index (χ0) is 16.1. The fourth-order valence-electron chi connectivity index (χ4n) is 1.91. The van der Waals surface area contributed by atoms with Crippen LogP contribution in [0, 0.1) is 0 Å². The molecule has 3 aromatic rings. The summed E-state index contributed by atoms with van der Waals surface area (Å²) in [6.45, 7) is 0.298. The standard InChI is InChI=1S/C15H15N5O2S/c1-22-14-4-2-11(3-5-14)17-15(21)16-8-12-9-20(19-18-12)13-6-7-23-10-13/h2-7,9-10H,8H2,1H3,(H2,16,17,21). The molecule has 0 aliphatic rings. The van der Waals surface area contributed by atoms with Gasteiger partial charge in [0.15, 0.2) is 0 Å². The molecule has 23 heavy (non-hydrogen) atoms. The highest BCUT2D eigenvalue weighted by Gasteiger charge is 2.06. The van der Waals surface area contributed by atoms with Crippen LogP contribution in [0.2, 0.25) is 0 Å². The number of methoxy groups -OCH3 is 1. The molecule has 0 radical (unpaired) electrons. The third-order valence-corrected chi connectivity index (χ3v) is 3.76. The summed E-state index contributed by atoms with van der Waals surface area (Å²) in [5, 5.41) is 17.5. The molecule has 3 rings (SSSR count). The summed E-state index contributed by atoms with van der Waals surface area (Å²) in [6.07, 6.45) is 1.79. The molecule has 0 aliphatic heterocycles. The highest BCUT2D eigenvalue weighted by Crippen LogP contribution is 2.15. The maximum atomic E-state index is 11.9. The highest BCUT2D eigenvalue weighted by atomic mass is 32.1. The van der Waals surface area contributed by atoms with E-state index in [1.165, 1.54) is 0 Å². The van der Waals surface area contributed by atoms with Gasteiger partial charge in [-0.15, -0.1) is 5.10 Å². The number of carbonyl (C=O) groups is 1. The van der Waals surface area contributed by atoms with Crippen molar-refractivity contribution >= 4 is 23.1 Å². The predicted molar refractivity (Wildman–Crippen MR) is 88.1 cm³/mol. The predicted octanol–water partition coefficient (Wildman–Crippen LogP) is 2.66. The van der Waals surface area contributed by atoms with Crippen molar-refractivity contribution in [1.82, 2.24) is 20.3 Å². The van der Waals surface area contributed by atoms with Gasteiger partial charge in [-0.05, 0) is 35.7 Å². The van der Waals surface area contributed by atoms with Crippen LogP contribution in [0.15, 0.2) is 47.3 Å². The summed E-state index contributed by atoms with van der Waals surface area (Å²) in [5.74, 6) is 0.737. The van der Waals surface area contributed by atoms with E-state index >= 15 is 0 Å². The fourth-order valence-corrected chi connectivity index (χ4v) is 2.54. The number of anilines is 1. The van der Waals surface area contributed by atoms with E-state index in [1.54, 1.807) is 53.6 Å². The quantitative estimate of drug-likeness (QED) is 0.754. The molecule has 0 aliphatic carbocycles. The lowest BCUT2D eigenvalue weighted by molar-refractivity contribution is 0.251.